The maximum Gasteiger partial charge on any atom is 0.338 e. The van der Waals surface area contributed by atoms with Crippen LogP contribution < -0.4 is 0 Å². The Balaban J connectivity index is 1.93. The maximum atomic E-state index is 14.0. The lowest BCUT2D eigenvalue weighted by molar-refractivity contribution is -0.154. The van der Waals surface area contributed by atoms with E-state index in [0.717, 1.165) is 5.56 Å². The van der Waals surface area contributed by atoms with Crippen LogP contribution in [0, 0.1) is 5.82 Å². The molecule has 1 aliphatic rings. The van der Waals surface area contributed by atoms with Gasteiger partial charge in [0.2, 0.25) is 0 Å². The molecule has 1 fully saturated rings. The van der Waals surface area contributed by atoms with E-state index in [4.69, 9.17) is 14.2 Å². The lowest BCUT2D eigenvalue weighted by atomic mass is 10.0. The van der Waals surface area contributed by atoms with Crippen LogP contribution in [0.1, 0.15) is 23.5 Å². The zero-order valence-corrected chi connectivity index (χ0v) is 11.9. The SMILES string of the molecule is COC(=O)[C@H]1O[C@@H](c2ccccc2)O[C@H]1c1ccccc1F. The van der Waals surface area contributed by atoms with Crippen LogP contribution in [0.5, 0.6) is 0 Å². The fourth-order valence-electron chi connectivity index (χ4n) is 2.45. The number of hydrogen-bond donors (Lipinski definition) is 0. The molecule has 22 heavy (non-hydrogen) atoms. The van der Waals surface area contributed by atoms with Crippen LogP contribution in [0.25, 0.3) is 0 Å². The molecule has 5 heteroatoms. The number of ether oxygens (including phenoxy) is 3. The zero-order chi connectivity index (χ0) is 15.5. The summed E-state index contributed by atoms with van der Waals surface area (Å²) in [6.45, 7) is 0. The maximum absolute atomic E-state index is 14.0. The van der Waals surface area contributed by atoms with Crippen molar-refractivity contribution in [1.82, 2.24) is 0 Å². The Morgan fingerprint density at radius 1 is 1.05 bits per heavy atom. The van der Waals surface area contributed by atoms with Gasteiger partial charge in [0.15, 0.2) is 12.4 Å². The average molecular weight is 302 g/mol. The Hall–Kier alpha value is -2.24. The average Bonchev–Trinajstić information content (AvgIpc) is 3.00. The van der Waals surface area contributed by atoms with Gasteiger partial charge in [0.25, 0.3) is 0 Å². The minimum absolute atomic E-state index is 0.274. The second-order valence-corrected chi connectivity index (χ2v) is 4.90. The molecule has 1 heterocycles. The van der Waals surface area contributed by atoms with Crippen molar-refractivity contribution >= 4 is 5.97 Å². The summed E-state index contributed by atoms with van der Waals surface area (Å²) in [6, 6.07) is 15.4. The third kappa shape index (κ3) is 2.73. The molecule has 0 radical (unpaired) electrons. The molecule has 0 aliphatic carbocycles. The second kappa shape index (κ2) is 6.25. The van der Waals surface area contributed by atoms with Crippen LogP contribution in [0.4, 0.5) is 4.39 Å². The van der Waals surface area contributed by atoms with Crippen molar-refractivity contribution in [2.24, 2.45) is 0 Å². The van der Waals surface area contributed by atoms with Gasteiger partial charge in [-0.3, -0.25) is 0 Å². The first kappa shape index (κ1) is 14.7. The van der Waals surface area contributed by atoms with E-state index in [1.54, 1.807) is 18.2 Å². The van der Waals surface area contributed by atoms with E-state index in [9.17, 15) is 9.18 Å². The summed E-state index contributed by atoms with van der Waals surface area (Å²) in [4.78, 5) is 11.9. The number of carbonyl (C=O) groups excluding carboxylic acids is 1. The molecule has 3 atom stereocenters. The lowest BCUT2D eigenvalue weighted by Crippen LogP contribution is -2.27. The molecule has 3 rings (SSSR count). The lowest BCUT2D eigenvalue weighted by Gasteiger charge is -2.15. The Labute approximate surface area is 127 Å². The summed E-state index contributed by atoms with van der Waals surface area (Å²) in [5, 5.41) is 0. The molecular weight excluding hydrogens is 287 g/mol. The fraction of sp³-hybridized carbons (Fsp3) is 0.235. The predicted molar refractivity (Wildman–Crippen MR) is 76.3 cm³/mol. The van der Waals surface area contributed by atoms with Crippen molar-refractivity contribution in [1.29, 1.82) is 0 Å². The summed E-state index contributed by atoms with van der Waals surface area (Å²) in [5.74, 6) is -1.04. The largest absolute Gasteiger partial charge is 0.467 e. The van der Waals surface area contributed by atoms with Gasteiger partial charge >= 0.3 is 5.97 Å². The normalized spacial score (nSPS) is 24.2. The highest BCUT2D eigenvalue weighted by Gasteiger charge is 2.44. The monoisotopic (exact) mass is 302 g/mol. The highest BCUT2D eigenvalue weighted by atomic mass is 19.1. The van der Waals surface area contributed by atoms with Gasteiger partial charge in [-0.1, -0.05) is 48.5 Å². The minimum Gasteiger partial charge on any atom is -0.467 e. The van der Waals surface area contributed by atoms with Crippen molar-refractivity contribution in [3.8, 4) is 0 Å². The molecule has 0 unspecified atom stereocenters. The van der Waals surface area contributed by atoms with E-state index < -0.39 is 30.3 Å². The van der Waals surface area contributed by atoms with Gasteiger partial charge in [0.1, 0.15) is 11.9 Å². The number of hydrogen-bond acceptors (Lipinski definition) is 4. The van der Waals surface area contributed by atoms with E-state index >= 15 is 0 Å². The molecule has 0 spiro atoms. The molecular formula is C17H15FO4. The first-order valence-electron chi connectivity index (χ1n) is 6.89. The van der Waals surface area contributed by atoms with Crippen LogP contribution in [0.3, 0.4) is 0 Å². The number of benzene rings is 2. The van der Waals surface area contributed by atoms with Crippen LogP contribution in [-0.4, -0.2) is 19.2 Å². The summed E-state index contributed by atoms with van der Waals surface area (Å²) < 4.78 is 30.2. The van der Waals surface area contributed by atoms with E-state index in [2.05, 4.69) is 0 Å². The zero-order valence-electron chi connectivity index (χ0n) is 11.9. The molecule has 0 bridgehead atoms. The van der Waals surface area contributed by atoms with Gasteiger partial charge in [-0.25, -0.2) is 9.18 Å². The number of rotatable bonds is 3. The third-order valence-corrected chi connectivity index (χ3v) is 3.53. The van der Waals surface area contributed by atoms with E-state index in [1.807, 2.05) is 30.3 Å². The van der Waals surface area contributed by atoms with Crippen molar-refractivity contribution < 1.29 is 23.4 Å². The predicted octanol–water partition coefficient (Wildman–Crippen LogP) is 3.15. The summed E-state index contributed by atoms with van der Waals surface area (Å²) >= 11 is 0. The summed E-state index contributed by atoms with van der Waals surface area (Å²) in [7, 11) is 1.26. The summed E-state index contributed by atoms with van der Waals surface area (Å²) in [6.07, 6.45) is -2.60. The van der Waals surface area contributed by atoms with Gasteiger partial charge in [-0.15, -0.1) is 0 Å². The quantitative estimate of drug-likeness (QED) is 0.817. The number of carbonyl (C=O) groups is 1. The molecule has 0 saturated carbocycles. The Kier molecular flexibility index (Phi) is 4.18. The molecule has 1 saturated heterocycles. The van der Waals surface area contributed by atoms with E-state index in [-0.39, 0.29) is 5.56 Å². The molecule has 2 aromatic rings. The van der Waals surface area contributed by atoms with Gasteiger partial charge < -0.3 is 14.2 Å². The van der Waals surface area contributed by atoms with E-state index in [0.29, 0.717) is 0 Å². The van der Waals surface area contributed by atoms with Crippen molar-refractivity contribution in [3.63, 3.8) is 0 Å². The van der Waals surface area contributed by atoms with Gasteiger partial charge in [0.05, 0.1) is 7.11 Å². The van der Waals surface area contributed by atoms with Crippen molar-refractivity contribution in [2.45, 2.75) is 18.5 Å². The van der Waals surface area contributed by atoms with Crippen molar-refractivity contribution in [3.05, 3.63) is 71.5 Å². The van der Waals surface area contributed by atoms with Crippen LogP contribution in [0.2, 0.25) is 0 Å². The Morgan fingerprint density at radius 3 is 2.41 bits per heavy atom. The molecule has 1 aliphatic heterocycles. The molecule has 114 valence electrons. The van der Waals surface area contributed by atoms with Gasteiger partial charge in [-0.05, 0) is 6.07 Å². The first-order chi connectivity index (χ1) is 10.7. The van der Waals surface area contributed by atoms with Crippen molar-refractivity contribution in [2.75, 3.05) is 7.11 Å². The number of esters is 1. The van der Waals surface area contributed by atoms with Crippen LogP contribution >= 0.6 is 0 Å². The highest BCUT2D eigenvalue weighted by Crippen LogP contribution is 2.41. The molecule has 0 N–H and O–H groups in total. The van der Waals surface area contributed by atoms with Crippen LogP contribution in [-0.2, 0) is 19.0 Å². The smallest absolute Gasteiger partial charge is 0.338 e. The topological polar surface area (TPSA) is 44.8 Å². The number of halogens is 1. The second-order valence-electron chi connectivity index (χ2n) is 4.90. The summed E-state index contributed by atoms with van der Waals surface area (Å²) in [5.41, 5.74) is 1.03. The van der Waals surface area contributed by atoms with Gasteiger partial charge in [-0.2, -0.15) is 0 Å². The van der Waals surface area contributed by atoms with Crippen LogP contribution in [0.15, 0.2) is 54.6 Å². The third-order valence-electron chi connectivity index (χ3n) is 3.53. The molecule has 2 aromatic carbocycles. The highest BCUT2D eigenvalue weighted by molar-refractivity contribution is 5.76. The standard InChI is InChI=1S/C17H15FO4/c1-20-16(19)15-14(12-9-5-6-10-13(12)18)21-17(22-15)11-7-3-2-4-8-11/h2-10,14-15,17H,1H3/t14-,15-,17-/m0/s1. The fourth-order valence-corrected chi connectivity index (χ4v) is 2.45. The minimum atomic E-state index is -1.01. The molecule has 4 nitrogen and oxygen atoms in total. The first-order valence-corrected chi connectivity index (χ1v) is 6.89. The molecule has 0 aromatic heterocycles. The Morgan fingerprint density at radius 2 is 1.73 bits per heavy atom. The van der Waals surface area contributed by atoms with Gasteiger partial charge in [0, 0.05) is 11.1 Å². The molecule has 0 amide bonds. The number of methoxy groups -OCH3 is 1. The Bertz CT molecular complexity index is 659. The van der Waals surface area contributed by atoms with E-state index in [1.165, 1.54) is 13.2 Å².